The number of halogens is 1. The van der Waals surface area contributed by atoms with Crippen LogP contribution in [0.1, 0.15) is 38.3 Å². The topological polar surface area (TPSA) is 169 Å². The monoisotopic (exact) mass is 463 g/mol. The molecule has 0 unspecified atom stereocenters. The quantitative estimate of drug-likeness (QED) is 0.350. The zero-order valence-electron chi connectivity index (χ0n) is 15.8. The number of aliphatic hydroxyl groups is 2. The summed E-state index contributed by atoms with van der Waals surface area (Å²) >= 11 is 6.10. The molecule has 2 aromatic rings. The third-order valence-electron chi connectivity index (χ3n) is 5.33. The van der Waals surface area contributed by atoms with Crippen LogP contribution >= 0.6 is 11.6 Å². The molecule has 4 atom stereocenters. The first kappa shape index (κ1) is 21.6. The van der Waals surface area contributed by atoms with Gasteiger partial charge in [-0.25, -0.2) is 9.17 Å². The standard InChI is InChI=1S/C16H22ClN5O7S/c17-16-20-13(19-8-4-2-1-3-5-8)10-14(21-16)22(7-18-10)15-12(24)11(23)9(29-15)6-28-30(25,26)27/h7-9,11-12,15,23-24H,1-6H2,(H,19,20,21)(H,25,26,27)/t9-,11-,12-,15-/m1/s1. The summed E-state index contributed by atoms with van der Waals surface area (Å²) in [7, 11) is -4.72. The maximum atomic E-state index is 10.8. The fraction of sp³-hybridized carbons (Fsp3) is 0.688. The Morgan fingerprint density at radius 1 is 1.23 bits per heavy atom. The second-order valence-electron chi connectivity index (χ2n) is 7.40. The summed E-state index contributed by atoms with van der Waals surface area (Å²) < 4.78 is 41.5. The van der Waals surface area contributed by atoms with Crippen molar-refractivity contribution in [3.63, 3.8) is 0 Å². The second-order valence-corrected chi connectivity index (χ2v) is 8.83. The molecule has 30 heavy (non-hydrogen) atoms. The van der Waals surface area contributed by atoms with Crippen LogP contribution in [0.4, 0.5) is 5.82 Å². The van der Waals surface area contributed by atoms with E-state index in [1.165, 1.54) is 17.3 Å². The van der Waals surface area contributed by atoms with Crippen LogP contribution in [-0.2, 0) is 19.3 Å². The molecule has 0 spiro atoms. The predicted octanol–water partition coefficient (Wildman–Crippen LogP) is 0.663. The Morgan fingerprint density at radius 3 is 2.67 bits per heavy atom. The summed E-state index contributed by atoms with van der Waals surface area (Å²) in [6.45, 7) is -0.676. The Labute approximate surface area is 177 Å². The molecule has 1 aliphatic heterocycles. The van der Waals surface area contributed by atoms with Gasteiger partial charge in [0.2, 0.25) is 5.28 Å². The van der Waals surface area contributed by atoms with Gasteiger partial charge in [-0.2, -0.15) is 18.4 Å². The third kappa shape index (κ3) is 4.51. The van der Waals surface area contributed by atoms with Crippen molar-refractivity contribution in [1.29, 1.82) is 0 Å². The van der Waals surface area contributed by atoms with Gasteiger partial charge in [0.05, 0.1) is 12.9 Å². The highest BCUT2D eigenvalue weighted by molar-refractivity contribution is 7.80. The van der Waals surface area contributed by atoms with Gasteiger partial charge in [-0.15, -0.1) is 0 Å². The lowest BCUT2D eigenvalue weighted by molar-refractivity contribution is -0.0477. The van der Waals surface area contributed by atoms with E-state index in [1.54, 1.807) is 0 Å². The fourth-order valence-electron chi connectivity index (χ4n) is 3.87. The molecule has 166 valence electrons. The van der Waals surface area contributed by atoms with Crippen molar-refractivity contribution >= 4 is 39.0 Å². The smallest absolute Gasteiger partial charge is 0.387 e. The number of rotatable bonds is 6. The van der Waals surface area contributed by atoms with Crippen molar-refractivity contribution in [2.24, 2.45) is 0 Å². The lowest BCUT2D eigenvalue weighted by Crippen LogP contribution is -2.34. The van der Waals surface area contributed by atoms with E-state index in [0.29, 0.717) is 11.3 Å². The fourth-order valence-corrected chi connectivity index (χ4v) is 4.34. The summed E-state index contributed by atoms with van der Waals surface area (Å²) in [5, 5.41) is 23.9. The molecule has 2 aromatic heterocycles. The van der Waals surface area contributed by atoms with Gasteiger partial charge in [-0.1, -0.05) is 19.3 Å². The molecule has 0 radical (unpaired) electrons. The zero-order valence-corrected chi connectivity index (χ0v) is 17.3. The molecule has 12 nitrogen and oxygen atoms in total. The second kappa shape index (κ2) is 8.49. The Balaban J connectivity index is 1.60. The Bertz CT molecular complexity index is 1010. The molecule has 0 aromatic carbocycles. The van der Waals surface area contributed by atoms with Gasteiger partial charge in [0.25, 0.3) is 0 Å². The highest BCUT2D eigenvalue weighted by Gasteiger charge is 2.45. The average Bonchev–Trinajstić information content (AvgIpc) is 3.22. The highest BCUT2D eigenvalue weighted by Crippen LogP contribution is 2.33. The maximum absolute atomic E-state index is 10.8. The molecule has 2 fully saturated rings. The molecule has 1 aliphatic carbocycles. The van der Waals surface area contributed by atoms with E-state index < -0.39 is 41.5 Å². The molecule has 3 heterocycles. The number of imidazole rings is 1. The van der Waals surface area contributed by atoms with E-state index in [1.807, 2.05) is 0 Å². The molecule has 1 saturated carbocycles. The Kier molecular flexibility index (Phi) is 6.12. The highest BCUT2D eigenvalue weighted by atomic mass is 35.5. The molecule has 0 amide bonds. The first-order chi connectivity index (χ1) is 14.2. The van der Waals surface area contributed by atoms with Crippen molar-refractivity contribution in [3.05, 3.63) is 11.6 Å². The van der Waals surface area contributed by atoms with Crippen molar-refractivity contribution in [3.8, 4) is 0 Å². The Hall–Kier alpha value is -1.61. The van der Waals surface area contributed by atoms with E-state index in [-0.39, 0.29) is 17.0 Å². The number of ether oxygens (including phenoxy) is 1. The molecule has 2 aliphatic rings. The number of hydrogen-bond donors (Lipinski definition) is 4. The lowest BCUT2D eigenvalue weighted by Gasteiger charge is -2.23. The first-order valence-corrected chi connectivity index (χ1v) is 11.3. The van der Waals surface area contributed by atoms with E-state index in [9.17, 15) is 18.6 Å². The van der Waals surface area contributed by atoms with Gasteiger partial charge < -0.3 is 20.3 Å². The number of fused-ring (bicyclic) bond motifs is 1. The summed E-state index contributed by atoms with van der Waals surface area (Å²) in [6, 6.07) is 0.246. The number of nitrogens with zero attached hydrogens (tertiary/aromatic N) is 4. The van der Waals surface area contributed by atoms with Crippen LogP contribution in [0.2, 0.25) is 5.28 Å². The Morgan fingerprint density at radius 2 is 1.97 bits per heavy atom. The minimum atomic E-state index is -4.72. The number of anilines is 1. The van der Waals surface area contributed by atoms with Gasteiger partial charge in [0, 0.05) is 6.04 Å². The van der Waals surface area contributed by atoms with Crippen molar-refractivity contribution in [2.45, 2.75) is 62.7 Å². The van der Waals surface area contributed by atoms with Gasteiger partial charge >= 0.3 is 10.4 Å². The third-order valence-corrected chi connectivity index (χ3v) is 5.94. The molecular weight excluding hydrogens is 442 g/mol. The molecular formula is C16H22ClN5O7S. The largest absolute Gasteiger partial charge is 0.397 e. The van der Waals surface area contributed by atoms with Crippen LogP contribution in [0.3, 0.4) is 0 Å². The summed E-state index contributed by atoms with van der Waals surface area (Å²) in [4.78, 5) is 12.7. The molecule has 0 bridgehead atoms. The summed E-state index contributed by atoms with van der Waals surface area (Å²) in [6.07, 6.45) is 1.61. The van der Waals surface area contributed by atoms with E-state index in [4.69, 9.17) is 20.9 Å². The van der Waals surface area contributed by atoms with E-state index >= 15 is 0 Å². The summed E-state index contributed by atoms with van der Waals surface area (Å²) in [5.74, 6) is 0.468. The predicted molar refractivity (Wildman–Crippen MR) is 104 cm³/mol. The molecule has 1 saturated heterocycles. The molecule has 4 N–H and O–H groups in total. The number of aliphatic hydroxyl groups excluding tert-OH is 2. The van der Waals surface area contributed by atoms with Crippen molar-refractivity contribution < 1.29 is 32.1 Å². The van der Waals surface area contributed by atoms with Crippen LogP contribution in [-0.4, -0.2) is 73.7 Å². The lowest BCUT2D eigenvalue weighted by atomic mass is 9.95. The number of nitrogens with one attached hydrogen (secondary N) is 1. The van der Waals surface area contributed by atoms with Gasteiger partial charge in [-0.05, 0) is 24.4 Å². The minimum Gasteiger partial charge on any atom is -0.387 e. The van der Waals surface area contributed by atoms with Crippen LogP contribution in [0.5, 0.6) is 0 Å². The van der Waals surface area contributed by atoms with Crippen LogP contribution in [0.15, 0.2) is 6.33 Å². The van der Waals surface area contributed by atoms with Crippen LogP contribution in [0.25, 0.3) is 11.2 Å². The minimum absolute atomic E-state index is 0.0261. The molecule has 14 heteroatoms. The van der Waals surface area contributed by atoms with E-state index in [2.05, 4.69) is 24.5 Å². The maximum Gasteiger partial charge on any atom is 0.397 e. The van der Waals surface area contributed by atoms with Crippen LogP contribution in [0, 0.1) is 0 Å². The average molecular weight is 464 g/mol. The normalized spacial score (nSPS) is 28.3. The van der Waals surface area contributed by atoms with Crippen molar-refractivity contribution in [1.82, 2.24) is 19.5 Å². The van der Waals surface area contributed by atoms with Gasteiger partial charge in [0.1, 0.15) is 18.3 Å². The SMILES string of the molecule is O=S(=O)(O)OC[C@H]1O[C@@H](n2cnc3c(NC4CCCCC4)nc(Cl)nc32)[C@H](O)[C@@H]1O. The van der Waals surface area contributed by atoms with Gasteiger partial charge in [-0.3, -0.25) is 9.12 Å². The molecule has 4 rings (SSSR count). The number of hydrogen-bond acceptors (Lipinski definition) is 10. The first-order valence-electron chi connectivity index (χ1n) is 9.53. The summed E-state index contributed by atoms with van der Waals surface area (Å²) in [5.41, 5.74) is 0.703. The number of aromatic nitrogens is 4. The van der Waals surface area contributed by atoms with Gasteiger partial charge in [0.15, 0.2) is 23.2 Å². The van der Waals surface area contributed by atoms with E-state index in [0.717, 1.165) is 25.7 Å². The van der Waals surface area contributed by atoms with Crippen molar-refractivity contribution in [2.75, 3.05) is 11.9 Å². The zero-order chi connectivity index (χ0) is 21.5. The van der Waals surface area contributed by atoms with Crippen LogP contribution < -0.4 is 5.32 Å².